The second-order valence-corrected chi connectivity index (χ2v) is 13.0. The van der Waals surface area contributed by atoms with Crippen LogP contribution in [0.15, 0.2) is 67.1 Å². The Balaban J connectivity index is 1.34. The Morgan fingerprint density at radius 1 is 0.959 bits per heavy atom. The predicted molar refractivity (Wildman–Crippen MR) is 183 cm³/mol. The average molecular weight is 671 g/mol. The summed E-state index contributed by atoms with van der Waals surface area (Å²) in [6, 6.07) is 14.4. The van der Waals surface area contributed by atoms with Crippen LogP contribution in [0.3, 0.4) is 0 Å². The van der Waals surface area contributed by atoms with Crippen LogP contribution in [0.2, 0.25) is 0 Å². The van der Waals surface area contributed by atoms with Gasteiger partial charge in [0.05, 0.1) is 31.2 Å². The number of likely N-dealkylation sites (tertiary alicyclic amines) is 2. The van der Waals surface area contributed by atoms with E-state index in [9.17, 15) is 19.2 Å². The van der Waals surface area contributed by atoms with Crippen LogP contribution in [0.4, 0.5) is 0 Å². The van der Waals surface area contributed by atoms with E-state index in [1.54, 1.807) is 53.6 Å². The van der Waals surface area contributed by atoms with Crippen LogP contribution in [0, 0.1) is 17.8 Å². The Morgan fingerprint density at radius 3 is 2.43 bits per heavy atom. The van der Waals surface area contributed by atoms with Crippen molar-refractivity contribution in [3.8, 4) is 11.5 Å². The van der Waals surface area contributed by atoms with Crippen molar-refractivity contribution in [1.29, 1.82) is 0 Å². The summed E-state index contributed by atoms with van der Waals surface area (Å²) in [7, 11) is 3.09. The second kappa shape index (κ2) is 16.4. The summed E-state index contributed by atoms with van der Waals surface area (Å²) in [5, 5.41) is 5.70. The highest BCUT2D eigenvalue weighted by atomic mass is 16.5. The SMILES string of the molecule is CNC(=O)[C@H](CCCc1ccccc1)NC(=O)C1CN(C(=O)Cc2cnccn2)CC2CN(C(=O)c3ccc(OC(C)C)c(OC)c3)CC21. The maximum Gasteiger partial charge on any atom is 0.254 e. The van der Waals surface area contributed by atoms with Gasteiger partial charge in [-0.05, 0) is 68.7 Å². The molecule has 0 aliphatic carbocycles. The maximum absolute atomic E-state index is 14.1. The fourth-order valence-corrected chi connectivity index (χ4v) is 6.82. The molecule has 0 saturated carbocycles. The fraction of sp³-hybridized carbons (Fsp3) is 0.459. The van der Waals surface area contributed by atoms with Crippen molar-refractivity contribution in [2.24, 2.45) is 17.8 Å². The first-order chi connectivity index (χ1) is 23.7. The van der Waals surface area contributed by atoms with E-state index in [2.05, 4.69) is 20.6 Å². The van der Waals surface area contributed by atoms with Gasteiger partial charge in [-0.25, -0.2) is 0 Å². The van der Waals surface area contributed by atoms with E-state index in [1.165, 1.54) is 7.11 Å². The van der Waals surface area contributed by atoms with Crippen LogP contribution >= 0.6 is 0 Å². The van der Waals surface area contributed by atoms with E-state index >= 15 is 0 Å². The van der Waals surface area contributed by atoms with Gasteiger partial charge in [0.1, 0.15) is 6.04 Å². The molecular formula is C37H46N6O6. The number of nitrogens with one attached hydrogen (secondary N) is 2. The van der Waals surface area contributed by atoms with Gasteiger partial charge in [0.15, 0.2) is 11.5 Å². The molecule has 49 heavy (non-hydrogen) atoms. The Labute approximate surface area is 287 Å². The summed E-state index contributed by atoms with van der Waals surface area (Å²) >= 11 is 0. The first kappa shape index (κ1) is 35.3. The van der Waals surface area contributed by atoms with E-state index in [-0.39, 0.29) is 54.5 Å². The second-order valence-electron chi connectivity index (χ2n) is 13.0. The third kappa shape index (κ3) is 8.92. The van der Waals surface area contributed by atoms with Crippen molar-refractivity contribution in [3.05, 3.63) is 83.9 Å². The van der Waals surface area contributed by atoms with E-state index < -0.39 is 12.0 Å². The number of hydrogen-bond acceptors (Lipinski definition) is 8. The number of benzene rings is 2. The summed E-state index contributed by atoms with van der Waals surface area (Å²) in [6.07, 6.45) is 6.56. The Bertz CT molecular complexity index is 1600. The number of ether oxygens (including phenoxy) is 2. The highest BCUT2D eigenvalue weighted by molar-refractivity contribution is 5.95. The fourth-order valence-electron chi connectivity index (χ4n) is 6.82. The van der Waals surface area contributed by atoms with Crippen molar-refractivity contribution >= 4 is 23.6 Å². The number of hydrogen-bond donors (Lipinski definition) is 2. The van der Waals surface area contributed by atoms with E-state index in [0.29, 0.717) is 55.2 Å². The summed E-state index contributed by atoms with van der Waals surface area (Å²) < 4.78 is 11.3. The number of likely N-dealkylation sites (N-methyl/N-ethyl adjacent to an activating group) is 1. The third-order valence-electron chi connectivity index (χ3n) is 9.26. The van der Waals surface area contributed by atoms with Crippen molar-refractivity contribution in [3.63, 3.8) is 0 Å². The Kier molecular flexibility index (Phi) is 11.8. The molecule has 2 aromatic carbocycles. The van der Waals surface area contributed by atoms with Crippen LogP contribution in [0.1, 0.15) is 48.3 Å². The average Bonchev–Trinajstić information content (AvgIpc) is 3.55. The molecule has 0 bridgehead atoms. The summed E-state index contributed by atoms with van der Waals surface area (Å²) in [4.78, 5) is 66.2. The molecule has 2 fully saturated rings. The largest absolute Gasteiger partial charge is 0.493 e. The zero-order valence-electron chi connectivity index (χ0n) is 28.6. The Morgan fingerprint density at radius 2 is 1.73 bits per heavy atom. The van der Waals surface area contributed by atoms with Crippen LogP contribution in [0.5, 0.6) is 11.5 Å². The number of fused-ring (bicyclic) bond motifs is 1. The highest BCUT2D eigenvalue weighted by Crippen LogP contribution is 2.37. The van der Waals surface area contributed by atoms with E-state index in [4.69, 9.17) is 9.47 Å². The zero-order chi connectivity index (χ0) is 34.9. The number of methoxy groups -OCH3 is 1. The van der Waals surface area contributed by atoms with E-state index in [0.717, 1.165) is 12.0 Å². The molecule has 12 nitrogen and oxygen atoms in total. The quantitative estimate of drug-likeness (QED) is 0.283. The molecule has 3 aromatic rings. The van der Waals surface area contributed by atoms with Crippen LogP contribution < -0.4 is 20.1 Å². The minimum atomic E-state index is -0.733. The van der Waals surface area contributed by atoms with Crippen LogP contribution in [-0.2, 0) is 27.2 Å². The Hall–Kier alpha value is -5.00. The van der Waals surface area contributed by atoms with Crippen molar-refractivity contribution in [2.75, 3.05) is 40.3 Å². The third-order valence-corrected chi connectivity index (χ3v) is 9.26. The lowest BCUT2D eigenvalue weighted by atomic mass is 9.79. The number of rotatable bonds is 13. The molecule has 5 rings (SSSR count). The van der Waals surface area contributed by atoms with Crippen LogP contribution in [0.25, 0.3) is 0 Å². The minimum Gasteiger partial charge on any atom is -0.493 e. The monoisotopic (exact) mass is 670 g/mol. The van der Waals surface area contributed by atoms with Gasteiger partial charge in [0, 0.05) is 57.4 Å². The number of amides is 4. The molecule has 2 saturated heterocycles. The highest BCUT2D eigenvalue weighted by Gasteiger charge is 2.48. The van der Waals surface area contributed by atoms with Gasteiger partial charge in [-0.2, -0.15) is 0 Å². The molecule has 260 valence electrons. The number of aryl methyl sites for hydroxylation is 1. The molecule has 3 heterocycles. The molecule has 0 spiro atoms. The van der Waals surface area contributed by atoms with Gasteiger partial charge < -0.3 is 29.9 Å². The predicted octanol–water partition coefficient (Wildman–Crippen LogP) is 2.92. The van der Waals surface area contributed by atoms with Gasteiger partial charge >= 0.3 is 0 Å². The number of carbonyl (C=O) groups is 4. The van der Waals surface area contributed by atoms with Crippen molar-refractivity contribution < 1.29 is 28.7 Å². The molecule has 0 radical (unpaired) electrons. The number of carbonyl (C=O) groups excluding carboxylic acids is 4. The molecule has 2 N–H and O–H groups in total. The lowest BCUT2D eigenvalue weighted by Gasteiger charge is -2.40. The van der Waals surface area contributed by atoms with Gasteiger partial charge in [0.25, 0.3) is 5.91 Å². The molecule has 3 unspecified atom stereocenters. The zero-order valence-corrected chi connectivity index (χ0v) is 28.6. The summed E-state index contributed by atoms with van der Waals surface area (Å²) in [6.45, 7) is 5.13. The van der Waals surface area contributed by atoms with Crippen molar-refractivity contribution in [2.45, 2.75) is 51.7 Å². The van der Waals surface area contributed by atoms with Gasteiger partial charge in [-0.15, -0.1) is 0 Å². The molecule has 12 heteroatoms. The van der Waals surface area contributed by atoms with Crippen molar-refractivity contribution in [1.82, 2.24) is 30.4 Å². The maximum atomic E-state index is 14.1. The van der Waals surface area contributed by atoms with Gasteiger partial charge in [-0.1, -0.05) is 30.3 Å². The minimum absolute atomic E-state index is 0.0488. The molecule has 1 aromatic heterocycles. The number of piperidine rings is 1. The van der Waals surface area contributed by atoms with Gasteiger partial charge in [-0.3, -0.25) is 29.1 Å². The smallest absolute Gasteiger partial charge is 0.254 e. The van der Waals surface area contributed by atoms with Crippen LogP contribution in [-0.4, -0.2) is 95.9 Å². The topological polar surface area (TPSA) is 143 Å². The normalized spacial score (nSPS) is 19.2. The number of aromatic nitrogens is 2. The summed E-state index contributed by atoms with van der Waals surface area (Å²) in [5.74, 6) is -0.889. The molecular weight excluding hydrogens is 624 g/mol. The lowest BCUT2D eigenvalue weighted by Crippen LogP contribution is -2.56. The molecule has 4 amide bonds. The van der Waals surface area contributed by atoms with Gasteiger partial charge in [0.2, 0.25) is 17.7 Å². The first-order valence-corrected chi connectivity index (χ1v) is 16.9. The molecule has 2 aliphatic rings. The first-order valence-electron chi connectivity index (χ1n) is 16.9. The lowest BCUT2D eigenvalue weighted by molar-refractivity contribution is -0.140. The molecule has 4 atom stereocenters. The summed E-state index contributed by atoms with van der Waals surface area (Å²) in [5.41, 5.74) is 2.14. The molecule has 2 aliphatic heterocycles. The standard InChI is InChI=1S/C37H46N6O6/c1-24(2)49-32-14-13-26(17-33(32)48-4)37(47)43-21-27-20-42(34(44)18-28-19-39-15-16-40-28)23-30(29(27)22-43)35(45)41-31(36(46)38-3)12-8-11-25-9-6-5-7-10-25/h5-7,9-10,13-17,19,24,27,29-31H,8,11-12,18,20-23H2,1-4H3,(H,38,46)(H,41,45)/t27?,29?,30?,31-/m0/s1. The van der Waals surface area contributed by atoms with E-state index in [1.807, 2.05) is 44.2 Å². The number of nitrogens with zero attached hydrogens (tertiary/aromatic N) is 4.